The molecule has 0 fully saturated rings. The summed E-state index contributed by atoms with van der Waals surface area (Å²) in [5, 5.41) is 0. The lowest BCUT2D eigenvalue weighted by Crippen LogP contribution is -1.98. The normalized spacial score (nSPS) is 12.4. The van der Waals surface area contributed by atoms with E-state index in [1.165, 1.54) is 0 Å². The third-order valence-corrected chi connectivity index (χ3v) is 1.43. The summed E-state index contributed by atoms with van der Waals surface area (Å²) in [6.07, 6.45) is 0. The van der Waals surface area contributed by atoms with Crippen LogP contribution in [0.2, 0.25) is 0 Å². The van der Waals surface area contributed by atoms with E-state index in [1.807, 2.05) is 0 Å². The Balaban J connectivity index is 4.21. The van der Waals surface area contributed by atoms with E-state index in [2.05, 4.69) is 29.7 Å². The molecule has 0 amide bonds. The van der Waals surface area contributed by atoms with Crippen LogP contribution in [0.1, 0.15) is 13.8 Å². The molecule has 0 saturated carbocycles. The second kappa shape index (κ2) is 3.85. The van der Waals surface area contributed by atoms with Crippen molar-refractivity contribution in [2.24, 2.45) is 0 Å². The summed E-state index contributed by atoms with van der Waals surface area (Å²) in [4.78, 5) is 11.2. The molecule has 0 unspecified atom stereocenters. The second-order valence-corrected chi connectivity index (χ2v) is 2.44. The number of hydrogen-bond acceptors (Lipinski definition) is 4. The first-order valence-electron chi connectivity index (χ1n) is 2.31. The molecule has 0 aliphatic rings. The van der Waals surface area contributed by atoms with Gasteiger partial charge in [0.15, 0.2) is 0 Å². The molecular weight excluding hydrogens is 156 g/mol. The van der Waals surface area contributed by atoms with Gasteiger partial charge in [0.1, 0.15) is 0 Å². The molecule has 52 valence electrons. The van der Waals surface area contributed by atoms with E-state index in [9.17, 15) is 4.79 Å². The smallest absolute Gasteiger partial charge is 0.346 e. The summed E-state index contributed by atoms with van der Waals surface area (Å²) in [5.41, 5.74) is 0.480. The van der Waals surface area contributed by atoms with Crippen LogP contribution in [-0.2, 0) is 8.98 Å². The van der Waals surface area contributed by atoms with Crippen molar-refractivity contribution in [2.45, 2.75) is 13.8 Å². The minimum absolute atomic E-state index is 0.453. The number of rotatable bonds is 1. The van der Waals surface area contributed by atoms with Gasteiger partial charge < -0.3 is 4.18 Å². The highest BCUT2D eigenvalue weighted by Gasteiger charge is 2.04. The molecule has 9 heavy (non-hydrogen) atoms. The second-order valence-electron chi connectivity index (χ2n) is 1.59. The highest BCUT2D eigenvalue weighted by atomic mass is 32.1. The molecule has 0 rings (SSSR count). The molecule has 0 N–H and O–H groups in total. The van der Waals surface area contributed by atoms with Gasteiger partial charge in [-0.05, 0) is 18.8 Å². The molecule has 0 saturated heterocycles. The van der Waals surface area contributed by atoms with Crippen molar-refractivity contribution in [1.29, 1.82) is 0 Å². The van der Waals surface area contributed by atoms with E-state index in [0.717, 1.165) is 0 Å². The fourth-order valence-corrected chi connectivity index (χ4v) is 0.444. The maximum Gasteiger partial charge on any atom is 0.346 e. The molecule has 0 aromatic rings. The maximum atomic E-state index is 10.5. The average molecular weight is 164 g/mol. The van der Waals surface area contributed by atoms with Crippen LogP contribution >= 0.6 is 25.5 Å². The van der Waals surface area contributed by atoms with Crippen molar-refractivity contribution in [3.8, 4) is 0 Å². The van der Waals surface area contributed by atoms with Gasteiger partial charge in [0, 0.05) is 18.5 Å². The monoisotopic (exact) mass is 164 g/mol. The van der Waals surface area contributed by atoms with Crippen LogP contribution in [0, 0.1) is 0 Å². The van der Waals surface area contributed by atoms with Gasteiger partial charge in [-0.2, -0.15) is 0 Å². The van der Waals surface area contributed by atoms with Gasteiger partial charge in [-0.3, -0.25) is 0 Å². The number of thiol groups is 2. The molecule has 0 bridgehead atoms. The third kappa shape index (κ3) is 2.81. The Morgan fingerprint density at radius 2 is 1.89 bits per heavy atom. The molecule has 0 atom stereocenters. The van der Waals surface area contributed by atoms with Crippen LogP contribution in [0.4, 0.5) is 0 Å². The first kappa shape index (κ1) is 8.91. The first-order valence-corrected chi connectivity index (χ1v) is 3.13. The predicted octanol–water partition coefficient (Wildman–Crippen LogP) is 1.60. The number of hydrogen-bond donors (Lipinski definition) is 2. The van der Waals surface area contributed by atoms with Crippen LogP contribution in [0.5, 0.6) is 0 Å². The maximum absolute atomic E-state index is 10.5. The lowest BCUT2D eigenvalue weighted by molar-refractivity contribution is -0.128. The quantitative estimate of drug-likeness (QED) is 0.350. The zero-order valence-electron chi connectivity index (χ0n) is 5.21. The lowest BCUT2D eigenvalue weighted by Gasteiger charge is -1.96. The number of carbonyl (C=O) groups excluding carboxylic acids is 1. The lowest BCUT2D eigenvalue weighted by atomic mass is 10.3. The first-order chi connectivity index (χ1) is 4.09. The molecule has 0 aromatic heterocycles. The van der Waals surface area contributed by atoms with Gasteiger partial charge in [0.05, 0.1) is 0 Å². The van der Waals surface area contributed by atoms with Crippen LogP contribution in [0.15, 0.2) is 10.5 Å². The largest absolute Gasteiger partial charge is 0.391 e. The standard InChI is InChI=1S/C5H8O2S2/c1-3(4(2)8)5(6)7-9/h8-9H,1-2H3/b4-3+. The van der Waals surface area contributed by atoms with Gasteiger partial charge in [-0.15, -0.1) is 12.6 Å². The summed E-state index contributed by atoms with van der Waals surface area (Å²) in [6.45, 7) is 3.34. The van der Waals surface area contributed by atoms with Crippen LogP contribution in [-0.4, -0.2) is 5.97 Å². The minimum Gasteiger partial charge on any atom is -0.391 e. The minimum atomic E-state index is -0.453. The fourth-order valence-electron chi connectivity index (χ4n) is 0.216. The van der Waals surface area contributed by atoms with Gasteiger partial charge >= 0.3 is 5.97 Å². The molecule has 4 heteroatoms. The Kier molecular flexibility index (Phi) is 3.81. The molecule has 0 aliphatic heterocycles. The molecule has 0 aromatic carbocycles. The van der Waals surface area contributed by atoms with Crippen molar-refractivity contribution < 1.29 is 8.98 Å². The molecule has 0 radical (unpaired) electrons. The van der Waals surface area contributed by atoms with Crippen LogP contribution in [0.3, 0.4) is 0 Å². The predicted molar refractivity (Wildman–Crippen MR) is 42.4 cm³/mol. The average Bonchev–Trinajstić information content (AvgIpc) is 1.84. The van der Waals surface area contributed by atoms with E-state index < -0.39 is 5.97 Å². The zero-order valence-corrected chi connectivity index (χ0v) is 7.00. The van der Waals surface area contributed by atoms with Gasteiger partial charge in [0.2, 0.25) is 0 Å². The van der Waals surface area contributed by atoms with E-state index in [1.54, 1.807) is 13.8 Å². The Bertz CT molecular complexity index is 147. The Morgan fingerprint density at radius 3 is 2.00 bits per heavy atom. The summed E-state index contributed by atoms with van der Waals surface area (Å²) in [6, 6.07) is 0. The SMILES string of the molecule is C/C(S)=C(/C)C(=O)OS. The van der Waals surface area contributed by atoms with Gasteiger partial charge in [-0.25, -0.2) is 4.79 Å². The van der Waals surface area contributed by atoms with Gasteiger partial charge in [-0.1, -0.05) is 0 Å². The van der Waals surface area contributed by atoms with E-state index in [-0.39, 0.29) is 0 Å². The summed E-state index contributed by atoms with van der Waals surface area (Å²) >= 11 is 7.26. The Morgan fingerprint density at radius 1 is 1.44 bits per heavy atom. The van der Waals surface area contributed by atoms with E-state index in [4.69, 9.17) is 0 Å². The molecule has 0 spiro atoms. The highest BCUT2D eigenvalue weighted by Crippen LogP contribution is 2.08. The summed E-state index contributed by atoms with van der Waals surface area (Å²) in [7, 11) is 0. The van der Waals surface area contributed by atoms with Crippen LogP contribution in [0.25, 0.3) is 0 Å². The van der Waals surface area contributed by atoms with Crippen molar-refractivity contribution in [3.05, 3.63) is 10.5 Å². The van der Waals surface area contributed by atoms with Crippen molar-refractivity contribution in [2.75, 3.05) is 0 Å². The molecule has 2 nitrogen and oxygen atoms in total. The third-order valence-electron chi connectivity index (χ3n) is 0.932. The Labute approximate surface area is 65.3 Å². The highest BCUT2D eigenvalue weighted by molar-refractivity contribution is 7.84. The fraction of sp³-hybridized carbons (Fsp3) is 0.400. The topological polar surface area (TPSA) is 26.3 Å². The van der Waals surface area contributed by atoms with Crippen molar-refractivity contribution in [1.82, 2.24) is 0 Å². The van der Waals surface area contributed by atoms with E-state index in [0.29, 0.717) is 10.5 Å². The molecule has 0 aliphatic carbocycles. The van der Waals surface area contributed by atoms with Crippen molar-refractivity contribution >= 4 is 31.5 Å². The molecule has 0 heterocycles. The zero-order chi connectivity index (χ0) is 7.44. The Hall–Kier alpha value is -0.0900. The number of allylic oxidation sites excluding steroid dienone is 1. The summed E-state index contributed by atoms with van der Waals surface area (Å²) < 4.78 is 4.12. The van der Waals surface area contributed by atoms with Crippen molar-refractivity contribution in [3.63, 3.8) is 0 Å². The summed E-state index contributed by atoms with van der Waals surface area (Å²) in [5.74, 6) is -0.453. The van der Waals surface area contributed by atoms with Gasteiger partial charge in [0.25, 0.3) is 0 Å². The number of carbonyl (C=O) groups is 1. The molecular formula is C5H8O2S2. The van der Waals surface area contributed by atoms with Crippen LogP contribution < -0.4 is 0 Å². The van der Waals surface area contributed by atoms with E-state index >= 15 is 0 Å².